The fourth-order valence-electron chi connectivity index (χ4n) is 0.845. The van der Waals surface area contributed by atoms with Gasteiger partial charge in [0, 0.05) is 18.9 Å². The normalized spacial score (nSPS) is 9.88. The fourth-order valence-corrected chi connectivity index (χ4v) is 1.63. The summed E-state index contributed by atoms with van der Waals surface area (Å²) in [4.78, 5) is 21.9. The van der Waals surface area contributed by atoms with Crippen LogP contribution in [0.15, 0.2) is 0 Å². The Morgan fingerprint density at radius 2 is 1.94 bits per heavy atom. The van der Waals surface area contributed by atoms with Crippen molar-refractivity contribution in [3.05, 3.63) is 0 Å². The topological polar surface area (TPSA) is 104 Å². The molecule has 0 aromatic carbocycles. The summed E-state index contributed by atoms with van der Waals surface area (Å²) in [6.45, 7) is 0.625. The van der Waals surface area contributed by atoms with Gasteiger partial charge in [-0.1, -0.05) is 0 Å². The van der Waals surface area contributed by atoms with E-state index in [0.717, 1.165) is 17.9 Å². The van der Waals surface area contributed by atoms with Gasteiger partial charge in [0.25, 0.3) is 0 Å². The van der Waals surface area contributed by atoms with Crippen molar-refractivity contribution in [2.24, 2.45) is 5.73 Å². The first-order valence-corrected chi connectivity index (χ1v) is 6.28. The van der Waals surface area contributed by atoms with Gasteiger partial charge >= 0.3 is 0 Å². The third-order valence-corrected chi connectivity index (χ3v) is 2.72. The zero-order valence-electron chi connectivity index (χ0n) is 9.20. The predicted molar refractivity (Wildman–Crippen MR) is 64.1 cm³/mol. The summed E-state index contributed by atoms with van der Waals surface area (Å²) < 4.78 is 0. The van der Waals surface area contributed by atoms with Crippen LogP contribution >= 0.6 is 11.8 Å². The van der Waals surface area contributed by atoms with Gasteiger partial charge in [0.15, 0.2) is 0 Å². The summed E-state index contributed by atoms with van der Waals surface area (Å²) in [7, 11) is 0. The maximum atomic E-state index is 11.1. The van der Waals surface area contributed by atoms with E-state index in [1.165, 1.54) is 0 Å². The lowest BCUT2D eigenvalue weighted by atomic mass is 10.5. The first kappa shape index (κ1) is 15.2. The Kier molecular flexibility index (Phi) is 10.2. The van der Waals surface area contributed by atoms with Crippen LogP contribution in [0.5, 0.6) is 0 Å². The number of hydrogen-bond acceptors (Lipinski definition) is 5. The minimum Gasteiger partial charge on any atom is -0.396 e. The molecule has 94 valence electrons. The summed E-state index contributed by atoms with van der Waals surface area (Å²) in [6.07, 6.45) is 0.769. The number of rotatable bonds is 9. The molecular formula is C9H19N3O3S. The van der Waals surface area contributed by atoms with E-state index in [2.05, 4.69) is 10.6 Å². The zero-order valence-corrected chi connectivity index (χ0v) is 10.0. The molecule has 0 aromatic rings. The van der Waals surface area contributed by atoms with E-state index < -0.39 is 0 Å². The van der Waals surface area contributed by atoms with Crippen molar-refractivity contribution in [3.63, 3.8) is 0 Å². The predicted octanol–water partition coefficient (Wildman–Crippen LogP) is -1.71. The molecule has 0 atom stereocenters. The molecule has 0 aromatic heterocycles. The largest absolute Gasteiger partial charge is 0.396 e. The van der Waals surface area contributed by atoms with Crippen LogP contribution in [0.1, 0.15) is 6.42 Å². The van der Waals surface area contributed by atoms with E-state index in [1.54, 1.807) is 11.8 Å². The summed E-state index contributed by atoms with van der Waals surface area (Å²) in [5.74, 6) is 1.13. The zero-order chi connectivity index (χ0) is 12.2. The number of amides is 2. The smallest absolute Gasteiger partial charge is 0.239 e. The highest BCUT2D eigenvalue weighted by Crippen LogP contribution is 1.99. The van der Waals surface area contributed by atoms with Crippen molar-refractivity contribution in [1.29, 1.82) is 0 Å². The van der Waals surface area contributed by atoms with E-state index in [-0.39, 0.29) is 31.5 Å². The average molecular weight is 249 g/mol. The lowest BCUT2D eigenvalue weighted by Gasteiger charge is -2.05. The van der Waals surface area contributed by atoms with Gasteiger partial charge in [-0.15, -0.1) is 0 Å². The van der Waals surface area contributed by atoms with Crippen molar-refractivity contribution in [3.8, 4) is 0 Å². The Morgan fingerprint density at radius 3 is 2.56 bits per heavy atom. The van der Waals surface area contributed by atoms with Crippen LogP contribution in [0.2, 0.25) is 0 Å². The molecule has 0 bridgehead atoms. The highest BCUT2D eigenvalue weighted by molar-refractivity contribution is 7.99. The van der Waals surface area contributed by atoms with Crippen LogP contribution in [0.4, 0.5) is 0 Å². The molecule has 6 nitrogen and oxygen atoms in total. The first-order valence-electron chi connectivity index (χ1n) is 5.12. The number of carbonyl (C=O) groups is 2. The highest BCUT2D eigenvalue weighted by atomic mass is 32.2. The van der Waals surface area contributed by atoms with Crippen LogP contribution in [-0.4, -0.2) is 54.7 Å². The van der Waals surface area contributed by atoms with Gasteiger partial charge in [-0.05, 0) is 12.2 Å². The number of nitrogens with one attached hydrogen (secondary N) is 2. The van der Waals surface area contributed by atoms with E-state index in [0.29, 0.717) is 6.54 Å². The SMILES string of the molecule is NCC(=O)NCC(=O)NCCSCCCO. The van der Waals surface area contributed by atoms with Crippen LogP contribution in [0.3, 0.4) is 0 Å². The number of hydrogen-bond donors (Lipinski definition) is 4. The van der Waals surface area contributed by atoms with Crippen molar-refractivity contribution in [1.82, 2.24) is 10.6 Å². The third-order valence-electron chi connectivity index (χ3n) is 1.65. The molecule has 16 heavy (non-hydrogen) atoms. The van der Waals surface area contributed by atoms with Crippen molar-refractivity contribution in [2.75, 3.05) is 37.7 Å². The summed E-state index contributed by atoms with van der Waals surface area (Å²) >= 11 is 1.67. The molecule has 0 rings (SSSR count). The third kappa shape index (κ3) is 9.75. The van der Waals surface area contributed by atoms with Gasteiger partial charge < -0.3 is 21.5 Å². The second kappa shape index (κ2) is 10.7. The van der Waals surface area contributed by atoms with Crippen LogP contribution < -0.4 is 16.4 Å². The van der Waals surface area contributed by atoms with Crippen LogP contribution in [0.25, 0.3) is 0 Å². The van der Waals surface area contributed by atoms with Crippen LogP contribution in [-0.2, 0) is 9.59 Å². The van der Waals surface area contributed by atoms with Crippen molar-refractivity contribution in [2.45, 2.75) is 6.42 Å². The molecule has 0 saturated heterocycles. The number of carbonyl (C=O) groups excluding carboxylic acids is 2. The molecule has 7 heteroatoms. The molecular weight excluding hydrogens is 230 g/mol. The number of aliphatic hydroxyl groups excluding tert-OH is 1. The van der Waals surface area contributed by atoms with Gasteiger partial charge in [0.2, 0.25) is 11.8 Å². The van der Waals surface area contributed by atoms with E-state index in [1.807, 2.05) is 0 Å². The van der Waals surface area contributed by atoms with E-state index in [9.17, 15) is 9.59 Å². The van der Waals surface area contributed by atoms with Gasteiger partial charge in [0.05, 0.1) is 13.1 Å². The minimum absolute atomic E-state index is 0.0304. The summed E-state index contributed by atoms with van der Waals surface area (Å²) in [6, 6.07) is 0. The number of aliphatic hydroxyl groups is 1. The molecule has 0 fully saturated rings. The second-order valence-electron chi connectivity index (χ2n) is 3.02. The maximum absolute atomic E-state index is 11.1. The van der Waals surface area contributed by atoms with Gasteiger partial charge in [0.1, 0.15) is 0 Å². The fraction of sp³-hybridized carbons (Fsp3) is 0.778. The van der Waals surface area contributed by atoms with E-state index in [4.69, 9.17) is 10.8 Å². The molecule has 0 aliphatic heterocycles. The molecule has 0 spiro atoms. The molecule has 0 aliphatic rings. The Labute approximate surface area is 99.3 Å². The van der Waals surface area contributed by atoms with Crippen molar-refractivity contribution >= 4 is 23.6 Å². The molecule has 5 N–H and O–H groups in total. The molecule has 2 amide bonds. The molecule has 0 radical (unpaired) electrons. The standard InChI is InChI=1S/C9H19N3O3S/c10-6-8(14)12-7-9(15)11-2-5-16-4-1-3-13/h13H,1-7,10H2,(H,11,15)(H,12,14). The van der Waals surface area contributed by atoms with Gasteiger partial charge in [-0.25, -0.2) is 0 Å². The van der Waals surface area contributed by atoms with Crippen LogP contribution in [0, 0.1) is 0 Å². The lowest BCUT2D eigenvalue weighted by Crippen LogP contribution is -2.40. The Balaban J connectivity index is 3.27. The molecule has 0 unspecified atom stereocenters. The minimum atomic E-state index is -0.340. The first-order chi connectivity index (χ1) is 7.70. The Morgan fingerprint density at radius 1 is 1.19 bits per heavy atom. The monoisotopic (exact) mass is 249 g/mol. The highest BCUT2D eigenvalue weighted by Gasteiger charge is 2.02. The number of nitrogens with two attached hydrogens (primary N) is 1. The summed E-state index contributed by atoms with van der Waals surface area (Å²) in [5.41, 5.74) is 5.06. The summed E-state index contributed by atoms with van der Waals surface area (Å²) in [5, 5.41) is 13.6. The lowest BCUT2D eigenvalue weighted by molar-refractivity contribution is -0.125. The van der Waals surface area contributed by atoms with Gasteiger partial charge in [-0.2, -0.15) is 11.8 Å². The van der Waals surface area contributed by atoms with Crippen molar-refractivity contribution < 1.29 is 14.7 Å². The number of thioether (sulfide) groups is 1. The Bertz CT molecular complexity index is 214. The second-order valence-corrected chi connectivity index (χ2v) is 4.25. The van der Waals surface area contributed by atoms with E-state index >= 15 is 0 Å². The Hall–Kier alpha value is -0.790. The quantitative estimate of drug-likeness (QED) is 0.364. The molecule has 0 saturated carbocycles. The molecule has 0 heterocycles. The van der Waals surface area contributed by atoms with Gasteiger partial charge in [-0.3, -0.25) is 9.59 Å². The maximum Gasteiger partial charge on any atom is 0.239 e. The molecule has 0 aliphatic carbocycles. The average Bonchev–Trinajstić information content (AvgIpc) is 2.30.